The Balaban J connectivity index is 3.15. The van der Waals surface area contributed by atoms with Gasteiger partial charge in [0.1, 0.15) is 0 Å². The fourth-order valence-corrected chi connectivity index (χ4v) is 1.52. The molecule has 1 rings (SSSR count). The van der Waals surface area contributed by atoms with Gasteiger partial charge in [-0.25, -0.2) is 0 Å². The summed E-state index contributed by atoms with van der Waals surface area (Å²) in [6.07, 6.45) is 0. The van der Waals surface area contributed by atoms with Crippen LogP contribution in [0.3, 0.4) is 0 Å². The minimum absolute atomic E-state index is 0.230. The molecule has 0 radical (unpaired) electrons. The SMILES string of the molecule is [N-]=[N+]=Nc1cc[pH]c1C(N)=O. The predicted molar refractivity (Wildman–Crippen MR) is 43.3 cm³/mol. The molecule has 0 aliphatic rings. The van der Waals surface area contributed by atoms with Gasteiger partial charge in [-0.3, -0.25) is 4.79 Å². The van der Waals surface area contributed by atoms with E-state index in [0.717, 1.165) is 0 Å². The van der Waals surface area contributed by atoms with Crippen LogP contribution in [-0.4, -0.2) is 5.91 Å². The van der Waals surface area contributed by atoms with Gasteiger partial charge < -0.3 is 5.73 Å². The maximum absolute atomic E-state index is 10.6. The number of nitrogens with two attached hydrogens (primary N) is 1. The molecular formula is C5H5N4OP. The highest BCUT2D eigenvalue weighted by atomic mass is 31.0. The van der Waals surface area contributed by atoms with Crippen molar-refractivity contribution >= 4 is 19.8 Å². The van der Waals surface area contributed by atoms with E-state index in [1.165, 1.54) is 0 Å². The number of primary amides is 1. The largest absolute Gasteiger partial charge is 0.365 e. The van der Waals surface area contributed by atoms with Crippen LogP contribution in [0.5, 0.6) is 0 Å². The summed E-state index contributed by atoms with van der Waals surface area (Å²) in [5, 5.41) is 3.71. The average Bonchev–Trinajstić information content (AvgIpc) is 2.36. The molecule has 2 N–H and O–H groups in total. The van der Waals surface area contributed by atoms with Gasteiger partial charge in [0, 0.05) is 4.91 Å². The molecule has 0 spiro atoms. The lowest BCUT2D eigenvalue weighted by Crippen LogP contribution is -2.08. The van der Waals surface area contributed by atoms with Crippen molar-refractivity contribution in [2.24, 2.45) is 10.8 Å². The molecule has 0 aliphatic carbocycles. The number of azide groups is 1. The van der Waals surface area contributed by atoms with Crippen LogP contribution in [-0.2, 0) is 0 Å². The van der Waals surface area contributed by atoms with Crippen LogP contribution in [0.15, 0.2) is 17.0 Å². The van der Waals surface area contributed by atoms with Crippen LogP contribution in [0.1, 0.15) is 10.1 Å². The van der Waals surface area contributed by atoms with E-state index in [4.69, 9.17) is 11.3 Å². The molecule has 0 aromatic carbocycles. The molecule has 1 amide bonds. The topological polar surface area (TPSA) is 91.8 Å². The number of hydrogen-bond acceptors (Lipinski definition) is 2. The van der Waals surface area contributed by atoms with Crippen molar-refractivity contribution in [1.82, 2.24) is 0 Å². The monoisotopic (exact) mass is 168 g/mol. The summed E-state index contributed by atoms with van der Waals surface area (Å²) in [6.45, 7) is 0. The molecule has 0 fully saturated rings. The smallest absolute Gasteiger partial charge is 0.252 e. The highest BCUT2D eigenvalue weighted by molar-refractivity contribution is 7.32. The maximum atomic E-state index is 10.6. The first-order valence-corrected chi connectivity index (χ1v) is 3.85. The molecule has 11 heavy (non-hydrogen) atoms. The minimum atomic E-state index is -0.518. The normalized spacial score (nSPS) is 9.45. The van der Waals surface area contributed by atoms with E-state index in [1.807, 2.05) is 0 Å². The Kier molecular flexibility index (Phi) is 2.16. The second-order valence-corrected chi connectivity index (χ2v) is 2.91. The van der Waals surface area contributed by atoms with Gasteiger partial charge in [0.15, 0.2) is 0 Å². The Bertz CT molecular complexity index is 308. The zero-order valence-electron chi connectivity index (χ0n) is 5.48. The number of hydrogen-bond donors (Lipinski definition) is 1. The van der Waals surface area contributed by atoms with E-state index < -0.39 is 5.91 Å². The number of rotatable bonds is 2. The van der Waals surface area contributed by atoms with Crippen molar-refractivity contribution in [2.75, 3.05) is 0 Å². The van der Waals surface area contributed by atoms with E-state index in [2.05, 4.69) is 10.0 Å². The molecule has 0 aliphatic heterocycles. The van der Waals surface area contributed by atoms with Crippen molar-refractivity contribution in [1.29, 1.82) is 0 Å². The molecule has 1 atom stereocenters. The molecule has 1 unspecified atom stereocenters. The van der Waals surface area contributed by atoms with Crippen LogP contribution < -0.4 is 5.73 Å². The van der Waals surface area contributed by atoms with Crippen molar-refractivity contribution in [2.45, 2.75) is 0 Å². The summed E-state index contributed by atoms with van der Waals surface area (Å²) >= 11 is 0. The molecule has 0 saturated heterocycles. The number of carbonyl (C=O) groups excluding carboxylic acids is 1. The van der Waals surface area contributed by atoms with Crippen molar-refractivity contribution in [3.05, 3.63) is 27.6 Å². The second-order valence-electron chi connectivity index (χ2n) is 1.79. The van der Waals surface area contributed by atoms with E-state index >= 15 is 0 Å². The summed E-state index contributed by atoms with van der Waals surface area (Å²) in [5.41, 5.74) is 13.4. The van der Waals surface area contributed by atoms with Crippen molar-refractivity contribution in [3.63, 3.8) is 0 Å². The molecule has 56 valence electrons. The molecule has 1 aromatic rings. The third kappa shape index (κ3) is 1.52. The third-order valence-corrected chi connectivity index (χ3v) is 2.25. The van der Waals surface area contributed by atoms with Gasteiger partial charge in [0.2, 0.25) is 0 Å². The van der Waals surface area contributed by atoms with Gasteiger partial charge >= 0.3 is 0 Å². The molecule has 0 bridgehead atoms. The first-order valence-electron chi connectivity index (χ1n) is 2.78. The van der Waals surface area contributed by atoms with E-state index in [0.29, 0.717) is 11.0 Å². The van der Waals surface area contributed by atoms with E-state index in [9.17, 15) is 4.79 Å². The van der Waals surface area contributed by atoms with Gasteiger partial charge in [-0.1, -0.05) is 5.11 Å². The fraction of sp³-hybridized carbons (Fsp3) is 0. The number of amides is 1. The Morgan fingerprint density at radius 2 is 2.55 bits per heavy atom. The lowest BCUT2D eigenvalue weighted by atomic mass is 10.4. The minimum Gasteiger partial charge on any atom is -0.365 e. The molecular weight excluding hydrogens is 163 g/mol. The predicted octanol–water partition coefficient (Wildman–Crippen LogP) is 1.76. The Morgan fingerprint density at radius 3 is 3.09 bits per heavy atom. The third-order valence-electron chi connectivity index (χ3n) is 1.12. The zero-order valence-corrected chi connectivity index (χ0v) is 6.48. The molecule has 1 heterocycles. The maximum Gasteiger partial charge on any atom is 0.252 e. The summed E-state index contributed by atoms with van der Waals surface area (Å²) in [6, 6.07) is 1.60. The van der Waals surface area contributed by atoms with Gasteiger partial charge in [0.05, 0.1) is 11.0 Å². The fourth-order valence-electron chi connectivity index (χ4n) is 0.690. The van der Waals surface area contributed by atoms with Gasteiger partial charge in [0.25, 0.3) is 5.91 Å². The molecule has 5 nitrogen and oxygen atoms in total. The quantitative estimate of drug-likeness (QED) is 0.406. The molecule has 6 heteroatoms. The van der Waals surface area contributed by atoms with Crippen LogP contribution in [0, 0.1) is 0 Å². The van der Waals surface area contributed by atoms with Crippen LogP contribution in [0.4, 0.5) is 5.69 Å². The lowest BCUT2D eigenvalue weighted by Gasteiger charge is -1.89. The van der Waals surface area contributed by atoms with Gasteiger partial charge in [-0.05, 0) is 17.4 Å². The van der Waals surface area contributed by atoms with Gasteiger partial charge in [-0.15, -0.1) is 8.19 Å². The number of nitrogens with zero attached hydrogens (tertiary/aromatic N) is 3. The zero-order chi connectivity index (χ0) is 8.27. The summed E-state index contributed by atoms with van der Waals surface area (Å²) in [4.78, 5) is 13.2. The van der Waals surface area contributed by atoms with Crippen molar-refractivity contribution in [3.8, 4) is 0 Å². The number of carbonyl (C=O) groups is 1. The Labute approximate surface area is 63.9 Å². The van der Waals surface area contributed by atoms with E-state index in [1.54, 1.807) is 11.9 Å². The van der Waals surface area contributed by atoms with E-state index in [-0.39, 0.29) is 8.19 Å². The summed E-state index contributed by atoms with van der Waals surface area (Å²) in [7, 11) is 0.230. The first-order chi connectivity index (χ1) is 5.25. The highest BCUT2D eigenvalue weighted by Gasteiger charge is 2.05. The van der Waals surface area contributed by atoms with Crippen LogP contribution in [0.2, 0.25) is 0 Å². The van der Waals surface area contributed by atoms with Gasteiger partial charge in [-0.2, -0.15) is 0 Å². The average molecular weight is 168 g/mol. The summed E-state index contributed by atoms with van der Waals surface area (Å²) < 4.78 is 0. The van der Waals surface area contributed by atoms with Crippen LogP contribution in [0.25, 0.3) is 10.4 Å². The molecule has 1 aromatic heterocycles. The highest BCUT2D eigenvalue weighted by Crippen LogP contribution is 2.28. The first kappa shape index (κ1) is 7.66. The Hall–Kier alpha value is -1.44. The standard InChI is InChI=1S/C5H5N4OP/c6-5(10)4-3(8-9-7)1-2-11-4/h1-2,11H,(H2,6,10). The Morgan fingerprint density at radius 1 is 1.82 bits per heavy atom. The lowest BCUT2D eigenvalue weighted by molar-refractivity contribution is 0.100. The molecule has 0 saturated carbocycles. The second kappa shape index (κ2) is 3.10. The summed E-state index contributed by atoms with van der Waals surface area (Å²) in [5.74, 6) is 1.24. The van der Waals surface area contributed by atoms with Crippen molar-refractivity contribution < 1.29 is 4.79 Å². The van der Waals surface area contributed by atoms with Crippen LogP contribution >= 0.6 is 8.19 Å².